The molecule has 1 aromatic rings. The summed E-state index contributed by atoms with van der Waals surface area (Å²) in [5.41, 5.74) is 3.24. The van der Waals surface area contributed by atoms with E-state index in [0.29, 0.717) is 38.9 Å². The summed E-state index contributed by atoms with van der Waals surface area (Å²) in [5.74, 6) is 0.226. The van der Waals surface area contributed by atoms with Crippen LogP contribution in [0.1, 0.15) is 50.7 Å². The Bertz CT molecular complexity index is 723. The lowest BCUT2D eigenvalue weighted by atomic mass is 9.96. The molecule has 1 heterocycles. The van der Waals surface area contributed by atoms with Gasteiger partial charge in [0.05, 0.1) is 5.75 Å². The van der Waals surface area contributed by atoms with Gasteiger partial charge in [-0.1, -0.05) is 31.0 Å². The van der Waals surface area contributed by atoms with Crippen molar-refractivity contribution in [1.82, 2.24) is 4.31 Å². The molecule has 0 atom stereocenters. The first-order chi connectivity index (χ1) is 12.3. The second-order valence-electron chi connectivity index (χ2n) is 7.22. The zero-order valence-electron chi connectivity index (χ0n) is 16.5. The Morgan fingerprint density at radius 3 is 2.38 bits per heavy atom. The van der Waals surface area contributed by atoms with Crippen molar-refractivity contribution in [2.45, 2.75) is 53.4 Å². The van der Waals surface area contributed by atoms with Crippen LogP contribution in [0.15, 0.2) is 18.2 Å². The van der Waals surface area contributed by atoms with Crippen LogP contribution in [-0.2, 0) is 14.8 Å². The number of rotatable bonds is 7. The van der Waals surface area contributed by atoms with Crippen molar-refractivity contribution in [2.75, 3.05) is 30.3 Å². The number of unbranched alkanes of at least 4 members (excludes halogenated alkanes) is 1. The predicted molar refractivity (Wildman–Crippen MR) is 107 cm³/mol. The SMILES string of the molecule is CCCCS(=O)(=O)N1CCC(C(=O)N(CC)c2ccc(C)cc2C)CC1. The third-order valence-corrected chi connectivity index (χ3v) is 7.13. The van der Waals surface area contributed by atoms with E-state index in [1.165, 1.54) is 5.56 Å². The molecular weight excluding hydrogens is 348 g/mol. The molecule has 6 heteroatoms. The van der Waals surface area contributed by atoms with Crippen molar-refractivity contribution in [3.63, 3.8) is 0 Å². The summed E-state index contributed by atoms with van der Waals surface area (Å²) in [7, 11) is -3.18. The third kappa shape index (κ3) is 4.86. The molecule has 0 aliphatic carbocycles. The molecule has 0 unspecified atom stereocenters. The molecule has 0 bridgehead atoms. The van der Waals surface area contributed by atoms with Crippen LogP contribution in [-0.4, -0.2) is 44.0 Å². The Kier molecular flexibility index (Phi) is 7.24. The molecule has 5 nitrogen and oxygen atoms in total. The number of carbonyl (C=O) groups is 1. The fraction of sp³-hybridized carbons (Fsp3) is 0.650. The standard InChI is InChI=1S/C20H32N2O3S/c1-5-7-14-26(24,25)21-12-10-18(11-13-21)20(23)22(6-2)19-9-8-16(3)15-17(19)4/h8-9,15,18H,5-7,10-14H2,1-4H3. The molecule has 1 aliphatic heterocycles. The van der Waals surface area contributed by atoms with Crippen LogP contribution in [0.3, 0.4) is 0 Å². The highest BCUT2D eigenvalue weighted by atomic mass is 32.2. The summed E-state index contributed by atoms with van der Waals surface area (Å²) >= 11 is 0. The number of aryl methyl sites for hydroxylation is 2. The van der Waals surface area contributed by atoms with Gasteiger partial charge in [0.25, 0.3) is 0 Å². The topological polar surface area (TPSA) is 57.7 Å². The fourth-order valence-corrected chi connectivity index (χ4v) is 5.29. The minimum atomic E-state index is -3.18. The normalized spacial score (nSPS) is 16.6. The fourth-order valence-electron chi connectivity index (χ4n) is 3.61. The highest BCUT2D eigenvalue weighted by molar-refractivity contribution is 7.89. The summed E-state index contributed by atoms with van der Waals surface area (Å²) < 4.78 is 26.2. The van der Waals surface area contributed by atoms with Gasteiger partial charge in [0.2, 0.25) is 15.9 Å². The van der Waals surface area contributed by atoms with Gasteiger partial charge >= 0.3 is 0 Å². The van der Waals surface area contributed by atoms with E-state index in [1.807, 2.05) is 44.7 Å². The van der Waals surface area contributed by atoms with Crippen molar-refractivity contribution in [3.8, 4) is 0 Å². The maximum Gasteiger partial charge on any atom is 0.230 e. The van der Waals surface area contributed by atoms with E-state index in [2.05, 4.69) is 6.07 Å². The first-order valence-corrected chi connectivity index (χ1v) is 11.3. The third-order valence-electron chi connectivity index (χ3n) is 5.18. The summed E-state index contributed by atoms with van der Waals surface area (Å²) in [4.78, 5) is 14.9. The van der Waals surface area contributed by atoms with Crippen LogP contribution >= 0.6 is 0 Å². The van der Waals surface area contributed by atoms with Crippen LogP contribution in [0, 0.1) is 19.8 Å². The van der Waals surface area contributed by atoms with E-state index in [1.54, 1.807) is 4.31 Å². The summed E-state index contributed by atoms with van der Waals surface area (Å²) in [6.07, 6.45) is 2.77. The van der Waals surface area contributed by atoms with Crippen molar-refractivity contribution in [2.24, 2.45) is 5.92 Å². The molecule has 146 valence electrons. The number of hydrogen-bond donors (Lipinski definition) is 0. The Labute approximate surface area is 158 Å². The highest BCUT2D eigenvalue weighted by Gasteiger charge is 2.33. The Balaban J connectivity index is 2.04. The number of amides is 1. The van der Waals surface area contributed by atoms with Gasteiger partial charge in [0.1, 0.15) is 0 Å². The molecule has 2 rings (SSSR count). The van der Waals surface area contributed by atoms with E-state index in [4.69, 9.17) is 0 Å². The molecule has 0 N–H and O–H groups in total. The van der Waals surface area contributed by atoms with E-state index >= 15 is 0 Å². The number of hydrogen-bond acceptors (Lipinski definition) is 3. The van der Waals surface area contributed by atoms with Gasteiger partial charge < -0.3 is 4.90 Å². The van der Waals surface area contributed by atoms with E-state index < -0.39 is 10.0 Å². The monoisotopic (exact) mass is 380 g/mol. The number of carbonyl (C=O) groups excluding carboxylic acids is 1. The van der Waals surface area contributed by atoms with Gasteiger partial charge in [0.15, 0.2) is 0 Å². The minimum absolute atomic E-state index is 0.103. The smallest absolute Gasteiger partial charge is 0.230 e. The largest absolute Gasteiger partial charge is 0.312 e. The second-order valence-corrected chi connectivity index (χ2v) is 9.30. The molecule has 0 saturated carbocycles. The van der Waals surface area contributed by atoms with E-state index in [-0.39, 0.29) is 17.6 Å². The number of piperidine rings is 1. The first-order valence-electron chi connectivity index (χ1n) is 9.66. The molecule has 1 saturated heterocycles. The van der Waals surface area contributed by atoms with Gasteiger partial charge in [-0.05, 0) is 51.7 Å². The van der Waals surface area contributed by atoms with Crippen LogP contribution < -0.4 is 4.90 Å². The summed E-state index contributed by atoms with van der Waals surface area (Å²) in [6.45, 7) is 9.58. The van der Waals surface area contributed by atoms with Crippen LogP contribution in [0.25, 0.3) is 0 Å². The van der Waals surface area contributed by atoms with Crippen molar-refractivity contribution >= 4 is 21.6 Å². The summed E-state index contributed by atoms with van der Waals surface area (Å²) in [6, 6.07) is 6.13. The average Bonchev–Trinajstić information content (AvgIpc) is 2.62. The lowest BCUT2D eigenvalue weighted by molar-refractivity contribution is -0.123. The van der Waals surface area contributed by atoms with Gasteiger partial charge in [-0.3, -0.25) is 4.79 Å². The molecule has 1 aliphatic rings. The van der Waals surface area contributed by atoms with Gasteiger partial charge in [0, 0.05) is 31.2 Å². The molecular formula is C20H32N2O3S. The highest BCUT2D eigenvalue weighted by Crippen LogP contribution is 2.27. The van der Waals surface area contributed by atoms with Crippen LogP contribution in [0.5, 0.6) is 0 Å². The number of nitrogens with zero attached hydrogens (tertiary/aromatic N) is 2. The second kappa shape index (κ2) is 9.00. The van der Waals surface area contributed by atoms with Gasteiger partial charge in [-0.15, -0.1) is 0 Å². The molecule has 1 fully saturated rings. The van der Waals surface area contributed by atoms with Crippen LogP contribution in [0.4, 0.5) is 5.69 Å². The zero-order chi connectivity index (χ0) is 19.3. The quantitative estimate of drug-likeness (QED) is 0.727. The average molecular weight is 381 g/mol. The first kappa shape index (κ1) is 20.9. The zero-order valence-corrected chi connectivity index (χ0v) is 17.3. The summed E-state index contributed by atoms with van der Waals surface area (Å²) in [5, 5.41) is 0. The van der Waals surface area contributed by atoms with Gasteiger partial charge in [-0.25, -0.2) is 12.7 Å². The Morgan fingerprint density at radius 1 is 1.19 bits per heavy atom. The minimum Gasteiger partial charge on any atom is -0.312 e. The molecule has 26 heavy (non-hydrogen) atoms. The lowest BCUT2D eigenvalue weighted by Crippen LogP contribution is -2.45. The molecule has 0 spiro atoms. The maximum absolute atomic E-state index is 13.1. The Morgan fingerprint density at radius 2 is 1.85 bits per heavy atom. The van der Waals surface area contributed by atoms with Crippen LogP contribution in [0.2, 0.25) is 0 Å². The molecule has 0 aromatic heterocycles. The number of benzene rings is 1. The molecule has 0 radical (unpaired) electrons. The molecule has 1 amide bonds. The van der Waals surface area contributed by atoms with Crippen molar-refractivity contribution in [3.05, 3.63) is 29.3 Å². The van der Waals surface area contributed by atoms with E-state index in [9.17, 15) is 13.2 Å². The van der Waals surface area contributed by atoms with Crippen molar-refractivity contribution < 1.29 is 13.2 Å². The Hall–Kier alpha value is -1.40. The predicted octanol–water partition coefficient (Wildman–Crippen LogP) is 3.50. The number of sulfonamides is 1. The molecule has 1 aromatic carbocycles. The van der Waals surface area contributed by atoms with Crippen molar-refractivity contribution in [1.29, 1.82) is 0 Å². The lowest BCUT2D eigenvalue weighted by Gasteiger charge is -2.34. The van der Waals surface area contributed by atoms with Gasteiger partial charge in [-0.2, -0.15) is 0 Å². The maximum atomic E-state index is 13.1. The number of anilines is 1. The van der Waals surface area contributed by atoms with E-state index in [0.717, 1.165) is 17.7 Å².